The molecule has 0 radical (unpaired) electrons. The molecule has 1 aliphatic carbocycles. The molecule has 21 heavy (non-hydrogen) atoms. The van der Waals surface area contributed by atoms with Gasteiger partial charge in [0.05, 0.1) is 5.39 Å². The van der Waals surface area contributed by atoms with Crippen LogP contribution in [0.25, 0.3) is 10.2 Å². The predicted octanol–water partition coefficient (Wildman–Crippen LogP) is 3.20. The molecular formula is C15H22N4OS. The number of nitrogens with one attached hydrogen (secondary N) is 1. The zero-order valence-electron chi connectivity index (χ0n) is 12.8. The van der Waals surface area contributed by atoms with E-state index >= 15 is 0 Å². The molecule has 114 valence electrons. The summed E-state index contributed by atoms with van der Waals surface area (Å²) in [7, 11) is 1.70. The number of anilines is 1. The van der Waals surface area contributed by atoms with Crippen LogP contribution in [0.2, 0.25) is 0 Å². The first-order valence-corrected chi connectivity index (χ1v) is 8.29. The maximum Gasteiger partial charge on any atom is 0.161 e. The van der Waals surface area contributed by atoms with Crippen molar-refractivity contribution >= 4 is 27.4 Å². The summed E-state index contributed by atoms with van der Waals surface area (Å²) in [5, 5.41) is 1.11. The van der Waals surface area contributed by atoms with Crippen LogP contribution < -0.4 is 11.3 Å². The number of aryl methyl sites for hydroxylation is 2. The molecule has 0 saturated carbocycles. The summed E-state index contributed by atoms with van der Waals surface area (Å²) in [5.74, 6) is 7.48. The second-order valence-corrected chi connectivity index (χ2v) is 6.95. The first-order chi connectivity index (χ1) is 10.2. The number of hydrogen-bond acceptors (Lipinski definition) is 6. The maximum atomic E-state index is 5.72. The maximum absolute atomic E-state index is 5.72. The molecule has 1 unspecified atom stereocenters. The highest BCUT2D eigenvalue weighted by atomic mass is 32.1. The third-order valence-corrected chi connectivity index (χ3v) is 5.27. The fourth-order valence-corrected chi connectivity index (χ4v) is 4.35. The first kappa shape index (κ1) is 14.7. The van der Waals surface area contributed by atoms with Gasteiger partial charge >= 0.3 is 0 Å². The molecule has 2 heterocycles. The molecule has 0 spiro atoms. The third-order valence-electron chi connectivity index (χ3n) is 4.08. The fraction of sp³-hybridized carbons (Fsp3) is 0.600. The lowest BCUT2D eigenvalue weighted by Crippen LogP contribution is -2.16. The van der Waals surface area contributed by atoms with Crippen LogP contribution in [0.5, 0.6) is 0 Å². The predicted molar refractivity (Wildman–Crippen MR) is 86.5 cm³/mol. The number of rotatable bonds is 4. The average Bonchev–Trinajstić information content (AvgIpc) is 2.85. The summed E-state index contributed by atoms with van der Waals surface area (Å²) < 4.78 is 5.56. The van der Waals surface area contributed by atoms with Crippen LogP contribution in [-0.2, 0) is 17.6 Å². The van der Waals surface area contributed by atoms with Gasteiger partial charge in [-0.2, -0.15) is 0 Å². The van der Waals surface area contributed by atoms with E-state index in [9.17, 15) is 0 Å². The summed E-state index contributed by atoms with van der Waals surface area (Å²) >= 11 is 1.78. The molecule has 5 nitrogen and oxygen atoms in total. The summed E-state index contributed by atoms with van der Waals surface area (Å²) in [4.78, 5) is 11.9. The summed E-state index contributed by atoms with van der Waals surface area (Å²) in [6.07, 6.45) is 4.63. The fourth-order valence-electron chi connectivity index (χ4n) is 3.08. The van der Waals surface area contributed by atoms with Gasteiger partial charge in [-0.05, 0) is 37.2 Å². The minimum Gasteiger partial charge on any atom is -0.373 e. The first-order valence-electron chi connectivity index (χ1n) is 7.47. The zero-order chi connectivity index (χ0) is 15.0. The Balaban J connectivity index is 2.18. The van der Waals surface area contributed by atoms with Crippen molar-refractivity contribution < 1.29 is 4.74 Å². The molecule has 0 bridgehead atoms. The van der Waals surface area contributed by atoms with Gasteiger partial charge in [0.2, 0.25) is 0 Å². The molecule has 0 aromatic carbocycles. The van der Waals surface area contributed by atoms with E-state index in [0.717, 1.165) is 28.9 Å². The van der Waals surface area contributed by atoms with Crippen molar-refractivity contribution in [2.45, 2.75) is 45.6 Å². The van der Waals surface area contributed by atoms with Crippen LogP contribution in [-0.4, -0.2) is 17.1 Å². The highest BCUT2D eigenvalue weighted by molar-refractivity contribution is 7.19. The summed E-state index contributed by atoms with van der Waals surface area (Å²) in [6.45, 7) is 4.22. The highest BCUT2D eigenvalue weighted by Crippen LogP contribution is 2.39. The molecule has 2 aromatic rings. The van der Waals surface area contributed by atoms with Crippen molar-refractivity contribution in [2.75, 3.05) is 12.5 Å². The van der Waals surface area contributed by atoms with Gasteiger partial charge in [-0.1, -0.05) is 13.8 Å². The van der Waals surface area contributed by atoms with Gasteiger partial charge in [0.25, 0.3) is 0 Å². The number of ether oxygens (including phenoxy) is 1. The van der Waals surface area contributed by atoms with E-state index in [0.29, 0.717) is 11.7 Å². The van der Waals surface area contributed by atoms with Crippen LogP contribution in [0, 0.1) is 5.92 Å². The molecule has 0 aliphatic heterocycles. The molecule has 0 saturated heterocycles. The van der Waals surface area contributed by atoms with Crippen molar-refractivity contribution in [1.82, 2.24) is 9.97 Å². The van der Waals surface area contributed by atoms with Crippen LogP contribution in [0.15, 0.2) is 0 Å². The Morgan fingerprint density at radius 3 is 2.67 bits per heavy atom. The van der Waals surface area contributed by atoms with Gasteiger partial charge < -0.3 is 10.2 Å². The Hall–Kier alpha value is -1.24. The zero-order valence-corrected chi connectivity index (χ0v) is 13.6. The van der Waals surface area contributed by atoms with E-state index in [1.54, 1.807) is 18.4 Å². The topological polar surface area (TPSA) is 73.1 Å². The number of nitrogen functional groups attached to an aromatic ring is 1. The van der Waals surface area contributed by atoms with Crippen molar-refractivity contribution in [3.8, 4) is 0 Å². The van der Waals surface area contributed by atoms with Crippen molar-refractivity contribution in [2.24, 2.45) is 11.8 Å². The second-order valence-electron chi connectivity index (χ2n) is 5.87. The van der Waals surface area contributed by atoms with Crippen LogP contribution >= 0.6 is 11.3 Å². The van der Waals surface area contributed by atoms with Gasteiger partial charge in [-0.15, -0.1) is 11.3 Å². The number of methoxy groups -OCH3 is 1. The molecule has 1 aliphatic rings. The molecule has 6 heteroatoms. The minimum atomic E-state index is -0.111. The molecule has 3 N–H and O–H groups in total. The normalized spacial score (nSPS) is 16.2. The second kappa shape index (κ2) is 5.87. The lowest BCUT2D eigenvalue weighted by atomic mass is 9.97. The average molecular weight is 306 g/mol. The van der Waals surface area contributed by atoms with E-state index in [4.69, 9.17) is 15.6 Å². The number of hydrogen-bond donors (Lipinski definition) is 2. The van der Waals surface area contributed by atoms with Gasteiger partial charge in [-0.25, -0.2) is 15.8 Å². The van der Waals surface area contributed by atoms with E-state index < -0.39 is 0 Å². The third kappa shape index (κ3) is 2.52. The van der Waals surface area contributed by atoms with Crippen LogP contribution in [0.4, 0.5) is 5.82 Å². The van der Waals surface area contributed by atoms with E-state index in [1.165, 1.54) is 23.3 Å². The SMILES string of the molecule is COC(c1nc(NN)c2c3c(sc2n1)CCCC3)C(C)C. The Labute approximate surface area is 128 Å². The summed E-state index contributed by atoms with van der Waals surface area (Å²) in [6, 6.07) is 0. The quantitative estimate of drug-likeness (QED) is 0.670. The standard InChI is InChI=1S/C15H22N4OS/c1-8(2)12(20-3)14-17-13(19-16)11-9-6-4-5-7-10(9)21-15(11)18-14/h8,12H,4-7,16H2,1-3H3,(H,17,18,19). The summed E-state index contributed by atoms with van der Waals surface area (Å²) in [5.41, 5.74) is 4.15. The number of nitrogens with two attached hydrogens (primary N) is 1. The number of nitrogens with zero attached hydrogens (tertiary/aromatic N) is 2. The number of fused-ring (bicyclic) bond motifs is 3. The lowest BCUT2D eigenvalue weighted by Gasteiger charge is -2.18. The smallest absolute Gasteiger partial charge is 0.161 e. The Kier molecular flexibility index (Phi) is 4.10. The van der Waals surface area contributed by atoms with Gasteiger partial charge in [0.15, 0.2) is 11.6 Å². The van der Waals surface area contributed by atoms with Gasteiger partial charge in [0.1, 0.15) is 10.9 Å². The number of aromatic nitrogens is 2. The minimum absolute atomic E-state index is 0.111. The molecule has 2 aromatic heterocycles. The highest BCUT2D eigenvalue weighted by Gasteiger charge is 2.24. The van der Waals surface area contributed by atoms with Crippen molar-refractivity contribution in [3.05, 3.63) is 16.3 Å². The lowest BCUT2D eigenvalue weighted by molar-refractivity contribution is 0.0579. The Morgan fingerprint density at radius 1 is 1.24 bits per heavy atom. The van der Waals surface area contributed by atoms with E-state index in [-0.39, 0.29) is 6.10 Å². The number of thiophene rings is 1. The molecule has 0 amide bonds. The Morgan fingerprint density at radius 2 is 2.00 bits per heavy atom. The van der Waals surface area contributed by atoms with E-state index in [1.807, 2.05) is 0 Å². The number of hydrazine groups is 1. The molecule has 3 rings (SSSR count). The molecular weight excluding hydrogens is 284 g/mol. The van der Waals surface area contributed by atoms with E-state index in [2.05, 4.69) is 24.3 Å². The van der Waals surface area contributed by atoms with Crippen molar-refractivity contribution in [1.29, 1.82) is 0 Å². The molecule has 1 atom stereocenters. The molecule has 0 fully saturated rings. The van der Waals surface area contributed by atoms with Gasteiger partial charge in [0, 0.05) is 12.0 Å². The monoisotopic (exact) mass is 306 g/mol. The van der Waals surface area contributed by atoms with Crippen molar-refractivity contribution in [3.63, 3.8) is 0 Å². The Bertz CT molecular complexity index is 653. The van der Waals surface area contributed by atoms with Crippen LogP contribution in [0.1, 0.15) is 49.1 Å². The van der Waals surface area contributed by atoms with Crippen LogP contribution in [0.3, 0.4) is 0 Å². The largest absolute Gasteiger partial charge is 0.373 e. The van der Waals surface area contributed by atoms with Gasteiger partial charge in [-0.3, -0.25) is 0 Å².